The average molecular weight is 418 g/mol. The zero-order chi connectivity index (χ0) is 21.6. The lowest BCUT2D eigenvalue weighted by Gasteiger charge is -2.08. The number of rotatable bonds is 12. The Hall–Kier alpha value is -2.96. The van der Waals surface area contributed by atoms with Gasteiger partial charge in [-0.3, -0.25) is 10.2 Å². The Morgan fingerprint density at radius 1 is 0.967 bits per heavy atom. The number of nitrogens with zero attached hydrogens (tertiary/aromatic N) is 1. The summed E-state index contributed by atoms with van der Waals surface area (Å²) in [6.45, 7) is 2.87. The molecular formula is C23H28F2N2O3. The molecule has 0 aliphatic rings. The summed E-state index contributed by atoms with van der Waals surface area (Å²) in [5.41, 5.74) is 0.100. The van der Waals surface area contributed by atoms with Gasteiger partial charge in [-0.1, -0.05) is 56.7 Å². The highest BCUT2D eigenvalue weighted by Crippen LogP contribution is 2.17. The molecule has 1 N–H and O–H groups in total. The Morgan fingerprint density at radius 3 is 2.27 bits per heavy atom. The van der Waals surface area contributed by atoms with E-state index in [4.69, 9.17) is 4.74 Å². The van der Waals surface area contributed by atoms with Crippen LogP contribution >= 0.6 is 0 Å². The molecule has 30 heavy (non-hydrogen) atoms. The number of hydrogen-bond donors (Lipinski definition) is 1. The second kappa shape index (κ2) is 13.3. The first-order valence-corrected chi connectivity index (χ1v) is 10.3. The fourth-order valence-corrected chi connectivity index (χ4v) is 2.79. The van der Waals surface area contributed by atoms with Crippen LogP contribution in [0.3, 0.4) is 0 Å². The molecule has 2 aromatic rings. The number of benzene rings is 2. The summed E-state index contributed by atoms with van der Waals surface area (Å²) in [5.74, 6) is -0.877. The predicted octanol–water partition coefficient (Wildman–Crippen LogP) is 6.68. The quantitative estimate of drug-likeness (QED) is 0.181. The number of carbonyl (C=O) groups excluding carboxylic acids is 1. The largest absolute Gasteiger partial charge is 0.494 e. The molecule has 0 unspecified atom stereocenters. The number of ether oxygens (including phenoxy) is 1. The summed E-state index contributed by atoms with van der Waals surface area (Å²) in [6, 6.07) is 10.2. The summed E-state index contributed by atoms with van der Waals surface area (Å²) in [4.78, 5) is 16.3. The first kappa shape index (κ1) is 23.3. The Morgan fingerprint density at radius 2 is 1.60 bits per heavy atom. The van der Waals surface area contributed by atoms with Gasteiger partial charge < -0.3 is 4.74 Å². The summed E-state index contributed by atoms with van der Waals surface area (Å²) in [5, 5.41) is 5.78. The van der Waals surface area contributed by atoms with E-state index in [1.807, 2.05) is 0 Å². The van der Waals surface area contributed by atoms with Gasteiger partial charge in [-0.2, -0.15) is 0 Å². The molecule has 0 aliphatic carbocycles. The van der Waals surface area contributed by atoms with E-state index in [2.05, 4.69) is 22.2 Å². The van der Waals surface area contributed by atoms with Crippen LogP contribution in [-0.2, 0) is 4.84 Å². The number of carbonyl (C=O) groups is 1. The molecule has 162 valence electrons. The Balaban J connectivity index is 1.67. The molecule has 2 aromatic carbocycles. The van der Waals surface area contributed by atoms with E-state index in [-0.39, 0.29) is 5.56 Å². The van der Waals surface area contributed by atoms with Crippen molar-refractivity contribution in [2.45, 2.75) is 51.9 Å². The van der Waals surface area contributed by atoms with E-state index in [0.29, 0.717) is 18.0 Å². The monoisotopic (exact) mass is 418 g/mol. The molecule has 0 fully saturated rings. The van der Waals surface area contributed by atoms with Crippen LogP contribution in [0.25, 0.3) is 0 Å². The fourth-order valence-electron chi connectivity index (χ4n) is 2.79. The van der Waals surface area contributed by atoms with Gasteiger partial charge in [0.25, 0.3) is 0 Å². The highest BCUT2D eigenvalue weighted by Gasteiger charge is 2.07. The number of anilines is 1. The minimum absolute atomic E-state index is 0.382. The van der Waals surface area contributed by atoms with E-state index in [1.54, 1.807) is 24.3 Å². The Kier molecular flexibility index (Phi) is 10.3. The van der Waals surface area contributed by atoms with Gasteiger partial charge in [-0.15, -0.1) is 0 Å². The van der Waals surface area contributed by atoms with Gasteiger partial charge >= 0.3 is 6.09 Å². The highest BCUT2D eigenvalue weighted by atomic mass is 19.1. The maximum atomic E-state index is 13.5. The van der Waals surface area contributed by atoms with Crippen LogP contribution in [0.2, 0.25) is 0 Å². The van der Waals surface area contributed by atoms with E-state index >= 15 is 0 Å². The average Bonchev–Trinajstić information content (AvgIpc) is 2.73. The van der Waals surface area contributed by atoms with Crippen molar-refractivity contribution in [2.75, 3.05) is 11.9 Å². The molecule has 0 bridgehead atoms. The number of unbranched alkanes of at least 4 members (excludes halogenated alkanes) is 6. The van der Waals surface area contributed by atoms with Crippen LogP contribution in [-0.4, -0.2) is 18.9 Å². The number of halogens is 2. The molecule has 0 aliphatic heterocycles. The van der Waals surface area contributed by atoms with Gasteiger partial charge in [0.1, 0.15) is 17.4 Å². The SMILES string of the molecule is CCCCCCCCCOc1ccc(NC(=O)ON=Cc2c(F)cccc2F)cc1. The van der Waals surface area contributed by atoms with Crippen LogP contribution in [0.5, 0.6) is 5.75 Å². The molecule has 0 saturated heterocycles. The maximum Gasteiger partial charge on any atom is 0.437 e. The molecule has 7 heteroatoms. The number of nitrogens with one attached hydrogen (secondary N) is 1. The fraction of sp³-hybridized carbons (Fsp3) is 0.391. The normalized spacial score (nSPS) is 10.9. The minimum atomic E-state index is -0.875. The van der Waals surface area contributed by atoms with Crippen molar-refractivity contribution in [3.8, 4) is 5.75 Å². The van der Waals surface area contributed by atoms with Gasteiger partial charge in [0.2, 0.25) is 0 Å². The lowest BCUT2D eigenvalue weighted by atomic mass is 10.1. The molecule has 0 spiro atoms. The molecule has 1 amide bonds. The lowest BCUT2D eigenvalue weighted by Crippen LogP contribution is -2.11. The van der Waals surface area contributed by atoms with Gasteiger partial charge in [0.15, 0.2) is 0 Å². The van der Waals surface area contributed by atoms with Crippen LogP contribution in [0.1, 0.15) is 57.4 Å². The Labute approximate surface area is 176 Å². The first-order chi connectivity index (χ1) is 14.6. The zero-order valence-electron chi connectivity index (χ0n) is 17.2. The van der Waals surface area contributed by atoms with Gasteiger partial charge in [0.05, 0.1) is 18.4 Å². The summed E-state index contributed by atoms with van der Waals surface area (Å²) >= 11 is 0. The third-order valence-electron chi connectivity index (χ3n) is 4.43. The Bertz CT molecular complexity index is 790. The molecule has 5 nitrogen and oxygen atoms in total. The van der Waals surface area contributed by atoms with E-state index < -0.39 is 17.7 Å². The lowest BCUT2D eigenvalue weighted by molar-refractivity contribution is 0.167. The number of hydrogen-bond acceptors (Lipinski definition) is 4. The third kappa shape index (κ3) is 8.59. The molecule has 0 radical (unpaired) electrons. The highest BCUT2D eigenvalue weighted by molar-refractivity contribution is 5.86. The van der Waals surface area contributed by atoms with Gasteiger partial charge in [0, 0.05) is 5.69 Å². The summed E-state index contributed by atoms with van der Waals surface area (Å²) in [7, 11) is 0. The topological polar surface area (TPSA) is 59.9 Å². The van der Waals surface area contributed by atoms with Gasteiger partial charge in [-0.05, 0) is 42.8 Å². The molecule has 0 heterocycles. The van der Waals surface area contributed by atoms with Crippen molar-refractivity contribution in [1.82, 2.24) is 0 Å². The molecule has 0 aromatic heterocycles. The van der Waals surface area contributed by atoms with Crippen LogP contribution in [0.4, 0.5) is 19.3 Å². The molecule has 2 rings (SSSR count). The van der Waals surface area contributed by atoms with E-state index in [9.17, 15) is 13.6 Å². The number of amides is 1. The second-order valence-corrected chi connectivity index (χ2v) is 6.87. The minimum Gasteiger partial charge on any atom is -0.494 e. The van der Waals surface area contributed by atoms with E-state index in [1.165, 1.54) is 38.2 Å². The van der Waals surface area contributed by atoms with Crippen molar-refractivity contribution in [3.05, 3.63) is 59.7 Å². The first-order valence-electron chi connectivity index (χ1n) is 10.3. The standard InChI is InChI=1S/C23H28F2N2O3/c1-2-3-4-5-6-7-8-16-29-19-14-12-18(13-15-19)27-23(28)30-26-17-20-21(24)10-9-11-22(20)25/h9-15,17H,2-8,16H2,1H3,(H,27,28). The second-order valence-electron chi connectivity index (χ2n) is 6.87. The number of oxime groups is 1. The van der Waals surface area contributed by atoms with Crippen LogP contribution in [0, 0.1) is 11.6 Å². The smallest absolute Gasteiger partial charge is 0.437 e. The van der Waals surface area contributed by atoms with Crippen molar-refractivity contribution >= 4 is 18.0 Å². The van der Waals surface area contributed by atoms with Crippen molar-refractivity contribution in [1.29, 1.82) is 0 Å². The van der Waals surface area contributed by atoms with Gasteiger partial charge in [-0.25, -0.2) is 13.6 Å². The maximum absolute atomic E-state index is 13.5. The van der Waals surface area contributed by atoms with Crippen molar-refractivity contribution < 1.29 is 23.1 Å². The molecule has 0 atom stereocenters. The van der Waals surface area contributed by atoms with Crippen molar-refractivity contribution in [3.63, 3.8) is 0 Å². The zero-order valence-corrected chi connectivity index (χ0v) is 17.2. The summed E-state index contributed by atoms with van der Waals surface area (Å²) in [6.07, 6.45) is 8.49. The molecular weight excluding hydrogens is 390 g/mol. The van der Waals surface area contributed by atoms with E-state index in [0.717, 1.165) is 31.2 Å². The van der Waals surface area contributed by atoms with Crippen molar-refractivity contribution in [2.24, 2.45) is 5.16 Å². The van der Waals surface area contributed by atoms with Crippen LogP contribution in [0.15, 0.2) is 47.6 Å². The summed E-state index contributed by atoms with van der Waals surface area (Å²) < 4.78 is 32.6. The third-order valence-corrected chi connectivity index (χ3v) is 4.43. The van der Waals surface area contributed by atoms with Crippen LogP contribution < -0.4 is 10.1 Å². The molecule has 0 saturated carbocycles. The predicted molar refractivity (Wildman–Crippen MR) is 114 cm³/mol.